The Morgan fingerprint density at radius 1 is 1.30 bits per heavy atom. The molecule has 0 fully saturated rings. The molecule has 0 unspecified atom stereocenters. The highest BCUT2D eigenvalue weighted by molar-refractivity contribution is 7.89. The molecule has 13 heteroatoms. The number of thiophene rings is 1. The fourth-order valence-corrected chi connectivity index (χ4v) is 6.71. The predicted octanol–water partition coefficient (Wildman–Crippen LogP) is 1.78. The minimum atomic E-state index is -3.89. The molecule has 0 bridgehead atoms. The molecule has 10 nitrogen and oxygen atoms in total. The Kier molecular flexibility index (Phi) is 5.60. The highest BCUT2D eigenvalue weighted by Gasteiger charge is 2.34. The van der Waals surface area contributed by atoms with Crippen LogP contribution in [-0.4, -0.2) is 53.2 Å². The van der Waals surface area contributed by atoms with E-state index in [0.29, 0.717) is 11.6 Å². The Hall–Kier alpha value is -2.74. The van der Waals surface area contributed by atoms with Crippen molar-refractivity contribution < 1.29 is 22.7 Å². The van der Waals surface area contributed by atoms with Crippen molar-refractivity contribution in [3.05, 3.63) is 51.2 Å². The summed E-state index contributed by atoms with van der Waals surface area (Å²) in [5, 5.41) is 4.57. The largest absolute Gasteiger partial charge is 0.465 e. The maximum absolute atomic E-state index is 13.1. The molecular weight excluding hydrogens is 450 g/mol. The zero-order chi connectivity index (χ0) is 21.3. The number of sulfonamides is 1. The molecule has 156 valence electrons. The molecule has 3 aromatic rings. The van der Waals surface area contributed by atoms with Crippen molar-refractivity contribution in [2.75, 3.05) is 19.0 Å². The van der Waals surface area contributed by atoms with Crippen LogP contribution in [0.4, 0.5) is 5.13 Å². The van der Waals surface area contributed by atoms with Gasteiger partial charge in [0.2, 0.25) is 10.0 Å². The van der Waals surface area contributed by atoms with Crippen molar-refractivity contribution in [3.8, 4) is 0 Å². The molecule has 0 saturated heterocycles. The Morgan fingerprint density at radius 3 is 2.87 bits per heavy atom. The number of carbonyl (C=O) groups is 2. The number of anilines is 1. The summed E-state index contributed by atoms with van der Waals surface area (Å²) in [5.41, 5.74) is 0.891. The van der Waals surface area contributed by atoms with E-state index in [1.165, 1.54) is 47.4 Å². The minimum Gasteiger partial charge on any atom is -0.465 e. The summed E-state index contributed by atoms with van der Waals surface area (Å²) in [7, 11) is -2.68. The summed E-state index contributed by atoms with van der Waals surface area (Å²) in [4.78, 5) is 37.0. The van der Waals surface area contributed by atoms with Gasteiger partial charge in [-0.05, 0) is 11.4 Å². The lowest BCUT2D eigenvalue weighted by Gasteiger charge is -2.25. The van der Waals surface area contributed by atoms with Gasteiger partial charge < -0.3 is 4.74 Å². The number of carbonyl (C=O) groups excluding carboxylic acids is 2. The number of nitrogens with one attached hydrogen (secondary N) is 1. The fraction of sp³-hybridized carbons (Fsp3) is 0.235. The van der Waals surface area contributed by atoms with Crippen LogP contribution in [0, 0.1) is 0 Å². The Bertz CT molecular complexity index is 1210. The van der Waals surface area contributed by atoms with E-state index in [2.05, 4.69) is 25.0 Å². The third-order valence-corrected chi connectivity index (χ3v) is 8.24. The Balaban J connectivity index is 1.54. The van der Waals surface area contributed by atoms with Gasteiger partial charge in [-0.2, -0.15) is 4.31 Å². The summed E-state index contributed by atoms with van der Waals surface area (Å²) in [6.45, 7) is 0.319. The number of amides is 1. The summed E-state index contributed by atoms with van der Waals surface area (Å²) >= 11 is 2.22. The van der Waals surface area contributed by atoms with Gasteiger partial charge in [0.1, 0.15) is 15.5 Å². The first kappa shape index (κ1) is 20.5. The number of methoxy groups -OCH3 is 1. The SMILES string of the molecule is COC(=O)c1sccc1S(=O)(=O)N1CCc2nc(NC(=O)c3cnccn3)sc2C1. The number of thiazole rings is 1. The molecule has 0 aromatic carbocycles. The summed E-state index contributed by atoms with van der Waals surface area (Å²) < 4.78 is 32.2. The van der Waals surface area contributed by atoms with Crippen molar-refractivity contribution in [1.29, 1.82) is 0 Å². The van der Waals surface area contributed by atoms with E-state index in [1.807, 2.05) is 0 Å². The Morgan fingerprint density at radius 2 is 2.13 bits per heavy atom. The smallest absolute Gasteiger partial charge is 0.349 e. The van der Waals surface area contributed by atoms with Crippen molar-refractivity contribution in [2.45, 2.75) is 17.9 Å². The number of nitrogens with zero attached hydrogens (tertiary/aromatic N) is 4. The van der Waals surface area contributed by atoms with E-state index in [1.54, 1.807) is 5.38 Å². The summed E-state index contributed by atoms with van der Waals surface area (Å²) in [6, 6.07) is 1.40. The summed E-state index contributed by atoms with van der Waals surface area (Å²) in [5.74, 6) is -1.13. The maximum atomic E-state index is 13.1. The standard InChI is InChI=1S/C17H15N5O5S3/c1-27-16(24)14-13(3-7-28-14)30(25,26)22-6-2-10-12(9-22)29-17(20-10)21-15(23)11-8-18-4-5-19-11/h3-5,7-8H,2,6,9H2,1H3,(H,20,21,23). The molecule has 4 heterocycles. The van der Waals surface area contributed by atoms with Crippen molar-refractivity contribution in [1.82, 2.24) is 19.3 Å². The average Bonchev–Trinajstić information content (AvgIpc) is 3.40. The Labute approximate surface area is 179 Å². The third-order valence-electron chi connectivity index (χ3n) is 4.33. The first-order valence-corrected chi connectivity index (χ1v) is 11.8. The van der Waals surface area contributed by atoms with E-state index < -0.39 is 21.9 Å². The third kappa shape index (κ3) is 3.84. The van der Waals surface area contributed by atoms with Gasteiger partial charge in [-0.3, -0.25) is 15.1 Å². The normalized spacial score (nSPS) is 14.2. The van der Waals surface area contributed by atoms with Crippen molar-refractivity contribution in [3.63, 3.8) is 0 Å². The van der Waals surface area contributed by atoms with Crippen LogP contribution in [0.15, 0.2) is 34.9 Å². The number of aromatic nitrogens is 3. The van der Waals surface area contributed by atoms with Gasteiger partial charge in [0.25, 0.3) is 5.91 Å². The molecule has 0 saturated carbocycles. The second-order valence-electron chi connectivity index (χ2n) is 6.13. The van der Waals surface area contributed by atoms with Crippen LogP contribution < -0.4 is 5.32 Å². The first-order valence-electron chi connectivity index (χ1n) is 8.62. The molecule has 0 aliphatic carbocycles. The molecular formula is C17H15N5O5S3. The van der Waals surface area contributed by atoms with Gasteiger partial charge in [0.05, 0.1) is 25.5 Å². The number of rotatable bonds is 5. The van der Waals surface area contributed by atoms with Crippen molar-refractivity contribution >= 4 is 49.7 Å². The molecule has 0 atom stereocenters. The van der Waals surface area contributed by atoms with Gasteiger partial charge in [-0.25, -0.2) is 23.2 Å². The van der Waals surface area contributed by atoms with Crippen LogP contribution >= 0.6 is 22.7 Å². The number of fused-ring (bicyclic) bond motifs is 1. The molecule has 0 spiro atoms. The highest BCUT2D eigenvalue weighted by Crippen LogP contribution is 2.33. The quantitative estimate of drug-likeness (QED) is 0.564. The predicted molar refractivity (Wildman–Crippen MR) is 109 cm³/mol. The monoisotopic (exact) mass is 465 g/mol. The molecule has 1 aliphatic heterocycles. The molecule has 1 N–H and O–H groups in total. The number of esters is 1. The zero-order valence-corrected chi connectivity index (χ0v) is 18.0. The zero-order valence-electron chi connectivity index (χ0n) is 15.6. The van der Waals surface area contributed by atoms with Crippen LogP contribution in [0.3, 0.4) is 0 Å². The second-order valence-corrected chi connectivity index (χ2v) is 10.0. The molecule has 30 heavy (non-hydrogen) atoms. The lowest BCUT2D eigenvalue weighted by molar-refractivity contribution is 0.0602. The van der Waals surface area contributed by atoms with Crippen LogP contribution in [0.25, 0.3) is 0 Å². The topological polar surface area (TPSA) is 131 Å². The molecule has 3 aromatic heterocycles. The maximum Gasteiger partial charge on any atom is 0.349 e. The summed E-state index contributed by atoms with van der Waals surface area (Å²) in [6.07, 6.45) is 4.62. The molecule has 1 amide bonds. The number of ether oxygens (including phenoxy) is 1. The fourth-order valence-electron chi connectivity index (χ4n) is 2.89. The van der Waals surface area contributed by atoms with Gasteiger partial charge in [-0.15, -0.1) is 22.7 Å². The number of hydrogen-bond donors (Lipinski definition) is 1. The average molecular weight is 466 g/mol. The van der Waals surface area contributed by atoms with E-state index >= 15 is 0 Å². The van der Waals surface area contributed by atoms with E-state index in [-0.39, 0.29) is 28.6 Å². The van der Waals surface area contributed by atoms with Crippen LogP contribution in [0.2, 0.25) is 0 Å². The van der Waals surface area contributed by atoms with Crippen LogP contribution in [-0.2, 0) is 27.7 Å². The van der Waals surface area contributed by atoms with E-state index in [0.717, 1.165) is 21.9 Å². The lowest BCUT2D eigenvalue weighted by atomic mass is 10.2. The molecule has 1 aliphatic rings. The van der Waals surface area contributed by atoms with E-state index in [4.69, 9.17) is 0 Å². The lowest BCUT2D eigenvalue weighted by Crippen LogP contribution is -2.36. The molecule has 4 rings (SSSR count). The van der Waals surface area contributed by atoms with E-state index in [9.17, 15) is 18.0 Å². The van der Waals surface area contributed by atoms with Gasteiger partial charge in [-0.1, -0.05) is 0 Å². The van der Waals surface area contributed by atoms with Crippen LogP contribution in [0.1, 0.15) is 30.7 Å². The first-order chi connectivity index (χ1) is 14.4. The minimum absolute atomic E-state index is 0.0459. The van der Waals surface area contributed by atoms with Gasteiger partial charge in [0, 0.05) is 30.2 Å². The van der Waals surface area contributed by atoms with Gasteiger partial charge in [0.15, 0.2) is 5.13 Å². The highest BCUT2D eigenvalue weighted by atomic mass is 32.2. The van der Waals surface area contributed by atoms with Crippen LogP contribution in [0.5, 0.6) is 0 Å². The number of hydrogen-bond acceptors (Lipinski definition) is 10. The second kappa shape index (κ2) is 8.18. The van der Waals surface area contributed by atoms with Gasteiger partial charge >= 0.3 is 5.97 Å². The molecule has 0 radical (unpaired) electrons. The van der Waals surface area contributed by atoms with Crippen molar-refractivity contribution in [2.24, 2.45) is 0 Å².